The number of aryl methyl sites for hydroxylation is 2. The second-order valence-electron chi connectivity index (χ2n) is 12.0. The van der Waals surface area contributed by atoms with Crippen LogP contribution < -0.4 is 10.1 Å². The molecule has 5 rings (SSSR count). The molecular formula is C37H40F3N3O2. The van der Waals surface area contributed by atoms with Crippen molar-refractivity contribution in [3.63, 3.8) is 0 Å². The first kappa shape index (κ1) is 32.2. The van der Waals surface area contributed by atoms with Gasteiger partial charge in [-0.3, -0.25) is 9.78 Å². The normalized spacial score (nSPS) is 15.8. The van der Waals surface area contributed by atoms with Crippen molar-refractivity contribution in [2.75, 3.05) is 19.6 Å². The van der Waals surface area contributed by atoms with Gasteiger partial charge in [0.05, 0.1) is 5.56 Å². The molecule has 45 heavy (non-hydrogen) atoms. The molecule has 1 saturated heterocycles. The largest absolute Gasteiger partial charge is 0.485 e. The summed E-state index contributed by atoms with van der Waals surface area (Å²) in [6.07, 6.45) is 1.34. The van der Waals surface area contributed by atoms with E-state index < -0.39 is 11.7 Å². The fraction of sp³-hybridized carbons (Fsp3) is 0.351. The number of para-hydroxylation sites is 1. The van der Waals surface area contributed by atoms with Crippen molar-refractivity contribution in [1.82, 2.24) is 15.2 Å². The summed E-state index contributed by atoms with van der Waals surface area (Å²) in [7, 11) is 0. The summed E-state index contributed by atoms with van der Waals surface area (Å²) < 4.78 is 46.0. The van der Waals surface area contributed by atoms with Crippen LogP contribution in [0.5, 0.6) is 5.75 Å². The number of hydrogen-bond acceptors (Lipinski definition) is 4. The predicted molar refractivity (Wildman–Crippen MR) is 171 cm³/mol. The van der Waals surface area contributed by atoms with Crippen molar-refractivity contribution in [3.05, 3.63) is 119 Å². The van der Waals surface area contributed by atoms with E-state index >= 15 is 0 Å². The van der Waals surface area contributed by atoms with Crippen LogP contribution in [0.15, 0.2) is 91.3 Å². The highest BCUT2D eigenvalue weighted by Gasteiger charge is 2.33. The summed E-state index contributed by atoms with van der Waals surface area (Å²) in [5, 5.41) is 3.13. The van der Waals surface area contributed by atoms with Gasteiger partial charge in [0.25, 0.3) is 5.91 Å². The Morgan fingerprint density at radius 2 is 1.56 bits per heavy atom. The van der Waals surface area contributed by atoms with Gasteiger partial charge in [-0.2, -0.15) is 13.2 Å². The van der Waals surface area contributed by atoms with Gasteiger partial charge >= 0.3 is 6.18 Å². The Balaban J connectivity index is 1.16. The molecule has 1 aromatic heterocycles. The molecule has 0 radical (unpaired) electrons. The monoisotopic (exact) mass is 615 g/mol. The number of benzene rings is 3. The summed E-state index contributed by atoms with van der Waals surface area (Å²) in [5.74, 6) is 0.798. The third-order valence-electron chi connectivity index (χ3n) is 8.82. The Morgan fingerprint density at radius 3 is 2.16 bits per heavy atom. The fourth-order valence-corrected chi connectivity index (χ4v) is 6.31. The molecule has 1 aliphatic heterocycles. The molecule has 1 aliphatic rings. The number of hydrogen-bond donors (Lipinski definition) is 1. The molecule has 0 bridgehead atoms. The van der Waals surface area contributed by atoms with Crippen molar-refractivity contribution < 1.29 is 22.7 Å². The summed E-state index contributed by atoms with van der Waals surface area (Å²) in [6.45, 7) is 8.39. The SMILES string of the molecule is Cc1cc(-c2ccncc2)cc(C)c1C(=O)NCC[C@@H](C)N1CCC([C@@H](Oc2ccccc2)c2ccc(C(F)(F)F)cc2)CC1. The maximum Gasteiger partial charge on any atom is 0.416 e. The van der Waals surface area contributed by atoms with Crippen LogP contribution in [0.1, 0.15) is 64.9 Å². The number of pyridine rings is 1. The standard InChI is InChI=1S/C37H40F3N3O2/c1-25-23-31(28-14-18-41-19-15-28)24-26(2)34(25)36(44)42-20-13-27(3)43-21-16-30(17-22-43)35(45-33-7-5-4-6-8-33)29-9-11-32(12-10-29)37(38,39)40/h4-12,14-15,18-19,23-24,27,30,35H,13,16-17,20-22H2,1-3H3,(H,42,44)/t27-,35+/m1/s1. The van der Waals surface area contributed by atoms with E-state index in [1.54, 1.807) is 24.5 Å². The number of carbonyl (C=O) groups excluding carboxylic acids is 1. The van der Waals surface area contributed by atoms with Crippen LogP contribution in [0.4, 0.5) is 13.2 Å². The molecule has 0 aliphatic carbocycles. The van der Waals surface area contributed by atoms with E-state index in [-0.39, 0.29) is 24.0 Å². The molecular weight excluding hydrogens is 575 g/mol. The quantitative estimate of drug-likeness (QED) is 0.195. The molecule has 0 saturated carbocycles. The van der Waals surface area contributed by atoms with Gasteiger partial charge in [-0.1, -0.05) is 42.5 Å². The van der Waals surface area contributed by atoms with Crippen LogP contribution in [0.25, 0.3) is 11.1 Å². The number of carbonyl (C=O) groups is 1. The summed E-state index contributed by atoms with van der Waals surface area (Å²) in [4.78, 5) is 19.7. The highest BCUT2D eigenvalue weighted by atomic mass is 19.4. The second kappa shape index (κ2) is 14.3. The maximum absolute atomic E-state index is 13.2. The maximum atomic E-state index is 13.2. The zero-order valence-corrected chi connectivity index (χ0v) is 26.0. The number of alkyl halides is 3. The van der Waals surface area contributed by atoms with E-state index in [9.17, 15) is 18.0 Å². The first-order valence-electron chi connectivity index (χ1n) is 15.5. The van der Waals surface area contributed by atoms with Crippen LogP contribution in [-0.2, 0) is 6.18 Å². The van der Waals surface area contributed by atoms with Crippen LogP contribution in [-0.4, -0.2) is 41.5 Å². The van der Waals surface area contributed by atoms with Gasteiger partial charge in [0, 0.05) is 36.5 Å². The minimum absolute atomic E-state index is 0.0605. The number of nitrogens with zero attached hydrogens (tertiary/aromatic N) is 2. The van der Waals surface area contributed by atoms with Gasteiger partial charge in [-0.25, -0.2) is 0 Å². The van der Waals surface area contributed by atoms with Crippen LogP contribution in [0.3, 0.4) is 0 Å². The lowest BCUT2D eigenvalue weighted by Gasteiger charge is -2.39. The van der Waals surface area contributed by atoms with E-state index in [4.69, 9.17) is 4.74 Å². The molecule has 0 unspecified atom stereocenters. The highest BCUT2D eigenvalue weighted by Crippen LogP contribution is 2.37. The fourth-order valence-electron chi connectivity index (χ4n) is 6.31. The number of piperidine rings is 1. The first-order chi connectivity index (χ1) is 21.6. The van der Waals surface area contributed by atoms with Crippen LogP contribution in [0.2, 0.25) is 0 Å². The van der Waals surface area contributed by atoms with Gasteiger partial charge < -0.3 is 15.0 Å². The molecule has 4 aromatic rings. The lowest BCUT2D eigenvalue weighted by molar-refractivity contribution is -0.137. The number of halogens is 3. The van der Waals surface area contributed by atoms with E-state index in [0.717, 1.165) is 72.3 Å². The molecule has 3 aromatic carbocycles. The van der Waals surface area contributed by atoms with Crippen molar-refractivity contribution in [1.29, 1.82) is 0 Å². The van der Waals surface area contributed by atoms with Crippen molar-refractivity contribution in [3.8, 4) is 16.9 Å². The zero-order chi connectivity index (χ0) is 32.0. The molecule has 5 nitrogen and oxygen atoms in total. The summed E-state index contributed by atoms with van der Waals surface area (Å²) in [5.41, 5.74) is 4.82. The predicted octanol–water partition coefficient (Wildman–Crippen LogP) is 8.42. The van der Waals surface area contributed by atoms with E-state index in [2.05, 4.69) is 22.1 Å². The number of amides is 1. The third kappa shape index (κ3) is 8.11. The molecule has 2 atom stereocenters. The topological polar surface area (TPSA) is 54.5 Å². The van der Waals surface area contributed by atoms with E-state index in [1.165, 1.54) is 0 Å². The summed E-state index contributed by atoms with van der Waals surface area (Å²) >= 11 is 0. The molecule has 8 heteroatoms. The average Bonchev–Trinajstić information content (AvgIpc) is 3.04. The smallest absolute Gasteiger partial charge is 0.416 e. The minimum Gasteiger partial charge on any atom is -0.485 e. The van der Waals surface area contributed by atoms with Crippen molar-refractivity contribution >= 4 is 5.91 Å². The molecule has 236 valence electrons. The lowest BCUT2D eigenvalue weighted by atomic mass is 9.86. The number of nitrogens with one attached hydrogen (secondary N) is 1. The molecule has 1 fully saturated rings. The van der Waals surface area contributed by atoms with Gasteiger partial charge in [0.1, 0.15) is 11.9 Å². The third-order valence-corrected chi connectivity index (χ3v) is 8.82. The Bertz CT molecular complexity index is 1530. The molecule has 0 spiro atoms. The first-order valence-corrected chi connectivity index (χ1v) is 15.5. The van der Waals surface area contributed by atoms with Gasteiger partial charge in [0.2, 0.25) is 0 Å². The minimum atomic E-state index is -4.38. The number of likely N-dealkylation sites (tertiary alicyclic amines) is 1. The zero-order valence-electron chi connectivity index (χ0n) is 26.0. The Kier molecular flexibility index (Phi) is 10.2. The highest BCUT2D eigenvalue weighted by molar-refractivity contribution is 5.97. The average molecular weight is 616 g/mol. The molecule has 1 amide bonds. The Hall–Kier alpha value is -4.17. The van der Waals surface area contributed by atoms with E-state index in [1.807, 2.05) is 68.4 Å². The van der Waals surface area contributed by atoms with Gasteiger partial charge in [-0.15, -0.1) is 0 Å². The number of rotatable bonds is 10. The molecule has 2 heterocycles. The number of ether oxygens (including phenoxy) is 1. The van der Waals surface area contributed by atoms with Crippen LogP contribution >= 0.6 is 0 Å². The van der Waals surface area contributed by atoms with Crippen molar-refractivity contribution in [2.45, 2.75) is 58.4 Å². The van der Waals surface area contributed by atoms with Gasteiger partial charge in [-0.05, 0) is 117 Å². The second-order valence-corrected chi connectivity index (χ2v) is 12.0. The lowest BCUT2D eigenvalue weighted by Crippen LogP contribution is -2.43. The van der Waals surface area contributed by atoms with Gasteiger partial charge in [0.15, 0.2) is 0 Å². The Labute approximate surface area is 263 Å². The van der Waals surface area contributed by atoms with Crippen molar-refractivity contribution in [2.24, 2.45) is 5.92 Å². The summed E-state index contributed by atoms with van der Waals surface area (Å²) in [6, 6.07) is 23.1. The molecule has 1 N–H and O–H groups in total. The van der Waals surface area contributed by atoms with E-state index in [0.29, 0.717) is 17.9 Å². The Morgan fingerprint density at radius 1 is 0.933 bits per heavy atom. The van der Waals surface area contributed by atoms with Crippen LogP contribution in [0, 0.1) is 19.8 Å². The number of aromatic nitrogens is 1.